The van der Waals surface area contributed by atoms with E-state index in [-0.39, 0.29) is 37.8 Å². The Labute approximate surface area is 332 Å². The summed E-state index contributed by atoms with van der Waals surface area (Å²) in [6, 6.07) is -0.359. The molecule has 56 heavy (non-hydrogen) atoms. The van der Waals surface area contributed by atoms with Crippen LogP contribution in [0.1, 0.15) is 101 Å². The van der Waals surface area contributed by atoms with Crippen LogP contribution in [0.25, 0.3) is 0 Å². The third kappa shape index (κ3) is 10.7. The Balaban J connectivity index is 2.28. The van der Waals surface area contributed by atoms with Crippen molar-refractivity contribution >= 4 is 17.7 Å². The van der Waals surface area contributed by atoms with Gasteiger partial charge in [-0.15, -0.1) is 0 Å². The zero-order valence-electron chi connectivity index (χ0n) is 35.7. The number of esters is 2. The van der Waals surface area contributed by atoms with Gasteiger partial charge in [0, 0.05) is 37.7 Å². The van der Waals surface area contributed by atoms with Crippen LogP contribution in [0, 0.1) is 23.7 Å². The Morgan fingerprint density at radius 1 is 0.929 bits per heavy atom. The molecule has 5 N–H and O–H groups in total. The van der Waals surface area contributed by atoms with Crippen LogP contribution in [0.2, 0.25) is 0 Å². The molecule has 0 aliphatic carbocycles. The minimum absolute atomic E-state index is 0.00192. The monoisotopic (exact) mass is 805 g/mol. The van der Waals surface area contributed by atoms with Crippen LogP contribution in [-0.4, -0.2) is 160 Å². The molecule has 2 unspecified atom stereocenters. The number of carbonyl (C=O) groups is 3. The van der Waals surface area contributed by atoms with E-state index in [2.05, 4.69) is 0 Å². The van der Waals surface area contributed by atoms with Crippen molar-refractivity contribution in [3.8, 4) is 0 Å². The van der Waals surface area contributed by atoms with Gasteiger partial charge in [-0.2, -0.15) is 0 Å². The summed E-state index contributed by atoms with van der Waals surface area (Å²) >= 11 is 0. The van der Waals surface area contributed by atoms with Gasteiger partial charge in [0.2, 0.25) is 0 Å². The van der Waals surface area contributed by atoms with E-state index in [1.807, 2.05) is 25.9 Å². The van der Waals surface area contributed by atoms with Crippen molar-refractivity contribution in [2.24, 2.45) is 23.7 Å². The molecule has 0 aromatic heterocycles. The Morgan fingerprint density at radius 3 is 2.09 bits per heavy atom. The smallest absolute Gasteiger partial charge is 0.314 e. The maximum absolute atomic E-state index is 14.3. The fourth-order valence-corrected chi connectivity index (χ4v) is 8.80. The number of likely N-dealkylation sites (N-methyl/N-ethyl adjacent to an activating group) is 1. The number of aliphatic hydroxyl groups is 5. The standard InChI is InChI=1S/C40H71NO15/c1-14-27-40(10,49)33(45)22(5)30(44)20(3)17-38(8,48)35(56-37-32(54-28(43)15-2)26(41(11)12)16-21(4)51-37)23(6)31(25(19-42)36(47)53-27)55-29-18-39(9,50-13)34(46)24(7)52-29/h20-27,29,31-35,37,42,45-46,48-49H,14-19H2,1-13H3/t20-,21-,22+,23+,24+,25-,26+,27?,29+,31?,32-,33-,34+,35-,37+,38-,39-,40-/m1/s1. The first-order valence-corrected chi connectivity index (χ1v) is 20.1. The zero-order chi connectivity index (χ0) is 42.7. The molecular formula is C40H71NO15. The Bertz CT molecular complexity index is 1310. The highest BCUT2D eigenvalue weighted by atomic mass is 16.7. The number of ketones is 1. The number of hydrogen-bond acceptors (Lipinski definition) is 16. The molecule has 0 aromatic carbocycles. The van der Waals surface area contributed by atoms with E-state index in [4.69, 9.17) is 33.2 Å². The molecule has 0 radical (unpaired) electrons. The van der Waals surface area contributed by atoms with Crippen LogP contribution in [0.3, 0.4) is 0 Å². The summed E-state index contributed by atoms with van der Waals surface area (Å²) in [7, 11) is 5.13. The number of hydrogen-bond donors (Lipinski definition) is 5. The number of methoxy groups -OCH3 is 1. The molecule has 0 saturated carbocycles. The van der Waals surface area contributed by atoms with Gasteiger partial charge in [0.25, 0.3) is 0 Å². The quantitative estimate of drug-likeness (QED) is 0.199. The third-order valence-electron chi connectivity index (χ3n) is 12.4. The SMILES string of the molecule is CCC(=O)O[C@H]1[C@H](O[C@@H]2[C@@H](C)C(O[C@H]3C[C@@](C)(OC)[C@@H](O)[C@H](C)O3)[C@@H](CO)C(=O)OC(CC)[C@@](C)(O)[C@H](O)[C@@H](C)C(=O)[C@H](C)C[C@@]2(C)O)O[C@H](C)C[C@@H]1N(C)C. The molecule has 16 nitrogen and oxygen atoms in total. The second-order valence-electron chi connectivity index (χ2n) is 17.3. The summed E-state index contributed by atoms with van der Waals surface area (Å²) in [4.78, 5) is 42.9. The van der Waals surface area contributed by atoms with Crippen LogP contribution >= 0.6 is 0 Å². The van der Waals surface area contributed by atoms with Gasteiger partial charge in [-0.1, -0.05) is 34.6 Å². The number of carbonyl (C=O) groups excluding carboxylic acids is 3. The molecule has 0 spiro atoms. The van der Waals surface area contributed by atoms with Crippen molar-refractivity contribution in [3.63, 3.8) is 0 Å². The largest absolute Gasteiger partial charge is 0.459 e. The third-order valence-corrected chi connectivity index (χ3v) is 12.4. The Hall–Kier alpha value is -1.83. The Morgan fingerprint density at radius 2 is 1.55 bits per heavy atom. The Kier molecular flexibility index (Phi) is 16.9. The highest BCUT2D eigenvalue weighted by Crippen LogP contribution is 2.41. The van der Waals surface area contributed by atoms with Crippen LogP contribution in [0.5, 0.6) is 0 Å². The van der Waals surface area contributed by atoms with Crippen molar-refractivity contribution in [1.82, 2.24) is 4.90 Å². The molecule has 3 aliphatic rings. The predicted octanol–water partition coefficient (Wildman–Crippen LogP) is 1.72. The molecule has 326 valence electrons. The average Bonchev–Trinajstić information content (AvgIpc) is 3.13. The molecule has 18 atom stereocenters. The van der Waals surface area contributed by atoms with E-state index in [0.717, 1.165) is 0 Å². The van der Waals surface area contributed by atoms with Crippen molar-refractivity contribution < 1.29 is 73.1 Å². The van der Waals surface area contributed by atoms with Crippen LogP contribution in [-0.2, 0) is 47.5 Å². The lowest BCUT2D eigenvalue weighted by atomic mass is 9.74. The first kappa shape index (κ1) is 48.5. The maximum Gasteiger partial charge on any atom is 0.314 e. The molecule has 3 heterocycles. The van der Waals surface area contributed by atoms with Gasteiger partial charge in [0.05, 0.1) is 54.4 Å². The van der Waals surface area contributed by atoms with E-state index >= 15 is 0 Å². The van der Waals surface area contributed by atoms with Gasteiger partial charge < -0.3 is 63.6 Å². The molecule has 3 fully saturated rings. The lowest BCUT2D eigenvalue weighted by Gasteiger charge is -2.49. The average molecular weight is 806 g/mol. The lowest BCUT2D eigenvalue weighted by Crippen LogP contribution is -2.62. The van der Waals surface area contributed by atoms with E-state index in [0.29, 0.717) is 6.42 Å². The van der Waals surface area contributed by atoms with E-state index in [1.165, 1.54) is 27.9 Å². The summed E-state index contributed by atoms with van der Waals surface area (Å²) in [5.74, 6) is -6.52. The molecule has 0 aromatic rings. The van der Waals surface area contributed by atoms with E-state index < -0.39 is 120 Å². The second kappa shape index (κ2) is 19.5. The molecule has 3 saturated heterocycles. The van der Waals surface area contributed by atoms with Gasteiger partial charge in [-0.05, 0) is 68.0 Å². The number of rotatable bonds is 10. The highest BCUT2D eigenvalue weighted by Gasteiger charge is 2.54. The van der Waals surface area contributed by atoms with Crippen LogP contribution in [0.4, 0.5) is 0 Å². The summed E-state index contributed by atoms with van der Waals surface area (Å²) < 4.78 is 43.3. The molecule has 0 bridgehead atoms. The van der Waals surface area contributed by atoms with E-state index in [1.54, 1.807) is 41.5 Å². The number of cyclic esters (lactones) is 1. The lowest BCUT2D eigenvalue weighted by molar-refractivity contribution is -0.319. The highest BCUT2D eigenvalue weighted by molar-refractivity contribution is 5.83. The molecule has 3 aliphatic heterocycles. The van der Waals surface area contributed by atoms with Crippen molar-refractivity contribution in [2.45, 2.75) is 186 Å². The first-order valence-electron chi connectivity index (χ1n) is 20.1. The number of Topliss-reactive ketones (excluding diaryl/α,β-unsaturated/α-hetero) is 1. The minimum atomic E-state index is -2.10. The van der Waals surface area contributed by atoms with Gasteiger partial charge in [-0.25, -0.2) is 0 Å². The predicted molar refractivity (Wildman–Crippen MR) is 202 cm³/mol. The van der Waals surface area contributed by atoms with Crippen molar-refractivity contribution in [2.75, 3.05) is 27.8 Å². The second-order valence-corrected chi connectivity index (χ2v) is 17.3. The minimum Gasteiger partial charge on any atom is -0.459 e. The van der Waals surface area contributed by atoms with Crippen LogP contribution in [0.15, 0.2) is 0 Å². The van der Waals surface area contributed by atoms with Gasteiger partial charge in [-0.3, -0.25) is 14.4 Å². The fraction of sp³-hybridized carbons (Fsp3) is 0.925. The van der Waals surface area contributed by atoms with Crippen molar-refractivity contribution in [1.29, 1.82) is 0 Å². The van der Waals surface area contributed by atoms with Gasteiger partial charge >= 0.3 is 11.9 Å². The normalized spacial score (nSPS) is 46.2. The van der Waals surface area contributed by atoms with Crippen LogP contribution < -0.4 is 0 Å². The summed E-state index contributed by atoms with van der Waals surface area (Å²) in [6.45, 7) is 15.1. The van der Waals surface area contributed by atoms with Gasteiger partial charge in [0.15, 0.2) is 18.7 Å². The topological polar surface area (TPSA) is 220 Å². The van der Waals surface area contributed by atoms with Gasteiger partial charge in [0.1, 0.15) is 29.5 Å². The molecule has 3 rings (SSSR count). The van der Waals surface area contributed by atoms with Crippen molar-refractivity contribution in [3.05, 3.63) is 0 Å². The number of aliphatic hydroxyl groups excluding tert-OH is 3. The number of nitrogens with zero attached hydrogens (tertiary/aromatic N) is 1. The molecular weight excluding hydrogens is 734 g/mol. The zero-order valence-corrected chi connectivity index (χ0v) is 35.7. The maximum atomic E-state index is 14.3. The summed E-state index contributed by atoms with van der Waals surface area (Å²) in [5.41, 5.74) is -5.15. The first-order chi connectivity index (χ1) is 25.9. The van der Waals surface area contributed by atoms with E-state index in [9.17, 15) is 39.9 Å². The number of ether oxygens (including phenoxy) is 7. The summed E-state index contributed by atoms with van der Waals surface area (Å²) in [6.07, 6.45) is -10.8. The fourth-order valence-electron chi connectivity index (χ4n) is 8.80. The molecule has 16 heteroatoms. The molecule has 0 amide bonds. The summed E-state index contributed by atoms with van der Waals surface area (Å²) in [5, 5.41) is 57.6.